The van der Waals surface area contributed by atoms with E-state index in [1.165, 1.54) is 22.4 Å². The van der Waals surface area contributed by atoms with E-state index in [0.29, 0.717) is 0 Å². The fourth-order valence-electron chi connectivity index (χ4n) is 2.41. The Balaban J connectivity index is 2.11. The van der Waals surface area contributed by atoms with E-state index in [1.807, 2.05) is 6.92 Å². The summed E-state index contributed by atoms with van der Waals surface area (Å²) in [4.78, 5) is 2.25. The van der Waals surface area contributed by atoms with Gasteiger partial charge in [-0.3, -0.25) is 0 Å². The summed E-state index contributed by atoms with van der Waals surface area (Å²) < 4.78 is 1.12. The Morgan fingerprint density at radius 3 is 2.29 bits per heavy atom. The number of hydrogen-bond donors (Lipinski definition) is 1. The van der Waals surface area contributed by atoms with Crippen molar-refractivity contribution in [3.63, 3.8) is 0 Å². The maximum atomic E-state index is 5.86. The van der Waals surface area contributed by atoms with Crippen LogP contribution in [0.25, 0.3) is 0 Å². The van der Waals surface area contributed by atoms with Crippen LogP contribution in [0.4, 0.5) is 5.69 Å². The number of benzene rings is 2. The molecule has 0 aliphatic heterocycles. The van der Waals surface area contributed by atoms with Gasteiger partial charge in [-0.05, 0) is 59.5 Å². The zero-order valence-electron chi connectivity index (χ0n) is 12.9. The van der Waals surface area contributed by atoms with E-state index >= 15 is 0 Å². The number of nitrogens with zero attached hydrogens (tertiary/aromatic N) is 1. The van der Waals surface area contributed by atoms with Crippen LogP contribution in [-0.4, -0.2) is 13.1 Å². The molecule has 0 heterocycles. The van der Waals surface area contributed by atoms with Crippen molar-refractivity contribution in [3.8, 4) is 0 Å². The van der Waals surface area contributed by atoms with Crippen molar-refractivity contribution in [1.82, 2.24) is 0 Å². The molecule has 0 spiro atoms. The summed E-state index contributed by atoms with van der Waals surface area (Å²) in [5, 5.41) is 0. The molecule has 112 valence electrons. The minimum Gasteiger partial charge on any atom is -0.369 e. The summed E-state index contributed by atoms with van der Waals surface area (Å²) in [5.74, 6) is 0. The van der Waals surface area contributed by atoms with Crippen LogP contribution < -0.4 is 10.6 Å². The standard InChI is InChI=1S/C18H23BrN2/c1-13-4-6-15(7-5-13)12-21(3)18-9-8-16(10-14(2)20)11-17(18)19/h4-9,11,14H,10,12,20H2,1-3H3. The maximum Gasteiger partial charge on any atom is 0.0511 e. The number of aryl methyl sites for hydroxylation is 1. The van der Waals surface area contributed by atoms with E-state index in [4.69, 9.17) is 5.73 Å². The summed E-state index contributed by atoms with van der Waals surface area (Å²) in [7, 11) is 2.12. The zero-order valence-corrected chi connectivity index (χ0v) is 14.5. The van der Waals surface area contributed by atoms with Gasteiger partial charge < -0.3 is 10.6 Å². The van der Waals surface area contributed by atoms with Gasteiger partial charge in [-0.2, -0.15) is 0 Å². The van der Waals surface area contributed by atoms with Gasteiger partial charge in [-0.15, -0.1) is 0 Å². The topological polar surface area (TPSA) is 29.3 Å². The first-order valence-corrected chi connectivity index (χ1v) is 8.05. The third-order valence-electron chi connectivity index (χ3n) is 3.52. The van der Waals surface area contributed by atoms with Crippen LogP contribution in [0.1, 0.15) is 23.6 Å². The number of hydrogen-bond acceptors (Lipinski definition) is 2. The van der Waals surface area contributed by atoms with Crippen molar-refractivity contribution in [2.75, 3.05) is 11.9 Å². The monoisotopic (exact) mass is 346 g/mol. The molecule has 1 unspecified atom stereocenters. The molecule has 0 fully saturated rings. The van der Waals surface area contributed by atoms with E-state index in [9.17, 15) is 0 Å². The Morgan fingerprint density at radius 2 is 1.71 bits per heavy atom. The van der Waals surface area contributed by atoms with Crippen LogP contribution in [0, 0.1) is 6.92 Å². The molecule has 3 heteroatoms. The molecular weight excluding hydrogens is 324 g/mol. The van der Waals surface area contributed by atoms with Gasteiger partial charge in [0.2, 0.25) is 0 Å². The van der Waals surface area contributed by atoms with E-state index in [1.54, 1.807) is 0 Å². The van der Waals surface area contributed by atoms with E-state index < -0.39 is 0 Å². The lowest BCUT2D eigenvalue weighted by Crippen LogP contribution is -2.19. The smallest absolute Gasteiger partial charge is 0.0511 e. The molecule has 0 amide bonds. The number of rotatable bonds is 5. The molecule has 2 nitrogen and oxygen atoms in total. The molecular formula is C18H23BrN2. The summed E-state index contributed by atoms with van der Waals surface area (Å²) in [5.41, 5.74) is 10.9. The van der Waals surface area contributed by atoms with Gasteiger partial charge in [0.25, 0.3) is 0 Å². The highest BCUT2D eigenvalue weighted by molar-refractivity contribution is 9.10. The average molecular weight is 347 g/mol. The molecule has 0 aliphatic rings. The first-order valence-electron chi connectivity index (χ1n) is 7.26. The quantitative estimate of drug-likeness (QED) is 0.875. The Labute approximate surface area is 136 Å². The van der Waals surface area contributed by atoms with Crippen LogP contribution >= 0.6 is 15.9 Å². The lowest BCUT2D eigenvalue weighted by Gasteiger charge is -2.22. The fraction of sp³-hybridized carbons (Fsp3) is 0.333. The van der Waals surface area contributed by atoms with Crippen molar-refractivity contribution in [1.29, 1.82) is 0 Å². The van der Waals surface area contributed by atoms with Gasteiger partial charge in [0.1, 0.15) is 0 Å². The van der Waals surface area contributed by atoms with Crippen molar-refractivity contribution in [2.24, 2.45) is 5.73 Å². The second-order valence-corrected chi connectivity index (χ2v) is 6.66. The summed E-state index contributed by atoms with van der Waals surface area (Å²) >= 11 is 3.68. The SMILES string of the molecule is Cc1ccc(CN(C)c2ccc(CC(C)N)cc2Br)cc1. The molecule has 0 bridgehead atoms. The average Bonchev–Trinajstić information content (AvgIpc) is 2.40. The third-order valence-corrected chi connectivity index (χ3v) is 4.16. The van der Waals surface area contributed by atoms with E-state index in [2.05, 4.69) is 77.3 Å². The van der Waals surface area contributed by atoms with Crippen molar-refractivity contribution >= 4 is 21.6 Å². The van der Waals surface area contributed by atoms with Gasteiger partial charge >= 0.3 is 0 Å². The largest absolute Gasteiger partial charge is 0.369 e. The van der Waals surface area contributed by atoms with Gasteiger partial charge in [-0.25, -0.2) is 0 Å². The Hall–Kier alpha value is -1.32. The highest BCUT2D eigenvalue weighted by atomic mass is 79.9. The predicted octanol–water partition coefficient (Wildman–Crippen LogP) is 4.28. The summed E-state index contributed by atoms with van der Waals surface area (Å²) in [6, 6.07) is 15.4. The van der Waals surface area contributed by atoms with Crippen molar-refractivity contribution < 1.29 is 0 Å². The molecule has 0 radical (unpaired) electrons. The molecule has 2 N–H and O–H groups in total. The Bertz CT molecular complexity index is 591. The molecule has 0 aliphatic carbocycles. The Morgan fingerprint density at radius 1 is 1.10 bits per heavy atom. The van der Waals surface area contributed by atoms with E-state index in [0.717, 1.165) is 17.4 Å². The van der Waals surface area contributed by atoms with Crippen LogP contribution in [0.2, 0.25) is 0 Å². The molecule has 0 aromatic heterocycles. The Kier molecular flexibility index (Phi) is 5.43. The third kappa shape index (κ3) is 4.58. The van der Waals surface area contributed by atoms with Gasteiger partial charge in [0, 0.05) is 24.1 Å². The zero-order chi connectivity index (χ0) is 15.4. The number of anilines is 1. The lowest BCUT2D eigenvalue weighted by atomic mass is 10.1. The number of halogens is 1. The predicted molar refractivity (Wildman–Crippen MR) is 94.8 cm³/mol. The minimum atomic E-state index is 0.188. The van der Waals surface area contributed by atoms with Gasteiger partial charge in [0.15, 0.2) is 0 Å². The maximum absolute atomic E-state index is 5.86. The molecule has 2 rings (SSSR count). The molecule has 0 saturated heterocycles. The minimum absolute atomic E-state index is 0.188. The highest BCUT2D eigenvalue weighted by Gasteiger charge is 2.08. The van der Waals surface area contributed by atoms with Gasteiger partial charge in [-0.1, -0.05) is 35.9 Å². The van der Waals surface area contributed by atoms with Crippen LogP contribution in [0.15, 0.2) is 46.9 Å². The van der Waals surface area contributed by atoms with Gasteiger partial charge in [0.05, 0.1) is 5.69 Å². The molecule has 1 atom stereocenters. The molecule has 2 aromatic rings. The molecule has 21 heavy (non-hydrogen) atoms. The van der Waals surface area contributed by atoms with Crippen LogP contribution in [0.5, 0.6) is 0 Å². The van der Waals surface area contributed by atoms with Crippen LogP contribution in [0.3, 0.4) is 0 Å². The lowest BCUT2D eigenvalue weighted by molar-refractivity contribution is 0.737. The fourth-order valence-corrected chi connectivity index (χ4v) is 3.14. The summed E-state index contributed by atoms with van der Waals surface area (Å²) in [6.45, 7) is 5.04. The van der Waals surface area contributed by atoms with Crippen LogP contribution in [-0.2, 0) is 13.0 Å². The molecule has 2 aromatic carbocycles. The normalized spacial score (nSPS) is 12.2. The first kappa shape index (κ1) is 16.1. The number of nitrogens with two attached hydrogens (primary N) is 1. The molecule has 0 saturated carbocycles. The second kappa shape index (κ2) is 7.10. The highest BCUT2D eigenvalue weighted by Crippen LogP contribution is 2.28. The second-order valence-electron chi connectivity index (χ2n) is 5.81. The summed E-state index contributed by atoms with van der Waals surface area (Å²) in [6.07, 6.45) is 0.903. The van der Waals surface area contributed by atoms with E-state index in [-0.39, 0.29) is 6.04 Å². The first-order chi connectivity index (χ1) is 9.95. The van der Waals surface area contributed by atoms with Crippen molar-refractivity contribution in [3.05, 3.63) is 63.6 Å². The van der Waals surface area contributed by atoms with Crippen molar-refractivity contribution in [2.45, 2.75) is 32.9 Å².